The van der Waals surface area contributed by atoms with Crippen molar-refractivity contribution in [3.63, 3.8) is 0 Å². The summed E-state index contributed by atoms with van der Waals surface area (Å²) in [5.41, 5.74) is 1.92. The average molecular weight is 409 g/mol. The third kappa shape index (κ3) is 3.67. The Balaban J connectivity index is 1.86. The molecule has 0 fully saturated rings. The quantitative estimate of drug-likeness (QED) is 0.762. The number of hydrogen-bond acceptors (Lipinski definition) is 4. The van der Waals surface area contributed by atoms with Gasteiger partial charge in [0, 0.05) is 23.8 Å². The number of ether oxygens (including phenoxy) is 1. The number of carbonyl (C=O) groups excluding carboxylic acids is 1. The summed E-state index contributed by atoms with van der Waals surface area (Å²) in [6, 6.07) is 12.0. The number of hydrogen-bond donors (Lipinski definition) is 0. The van der Waals surface area contributed by atoms with Crippen molar-refractivity contribution in [1.29, 1.82) is 0 Å². The number of methoxy groups -OCH3 is 1. The summed E-state index contributed by atoms with van der Waals surface area (Å²) in [7, 11) is -1.19. The molecule has 0 N–H and O–H groups in total. The van der Waals surface area contributed by atoms with E-state index in [4.69, 9.17) is 16.3 Å². The van der Waals surface area contributed by atoms with Gasteiger partial charge < -0.3 is 9.64 Å². The van der Waals surface area contributed by atoms with E-state index >= 15 is 0 Å². The molecular formula is C19H21ClN2O4S. The predicted octanol–water partition coefficient (Wildman–Crippen LogP) is 2.95. The van der Waals surface area contributed by atoms with Gasteiger partial charge in [-0.05, 0) is 43.2 Å². The number of amides is 1. The van der Waals surface area contributed by atoms with E-state index in [1.54, 1.807) is 11.0 Å². The van der Waals surface area contributed by atoms with E-state index in [2.05, 4.69) is 0 Å². The number of likely N-dealkylation sites (N-methyl/N-ethyl adjacent to an activating group) is 1. The summed E-state index contributed by atoms with van der Waals surface area (Å²) in [6.45, 7) is 1.67. The summed E-state index contributed by atoms with van der Waals surface area (Å²) in [5.74, 6) is -0.0990. The van der Waals surface area contributed by atoms with Gasteiger partial charge in [-0.2, -0.15) is 4.31 Å². The SMILES string of the molecule is COc1ccc(Cl)cc1S(=O)(=O)N(C)CC(=O)N1c2ccccc2CC1C. The second-order valence-corrected chi connectivity index (χ2v) is 8.95. The molecule has 1 aliphatic heterocycles. The summed E-state index contributed by atoms with van der Waals surface area (Å²) in [6.07, 6.45) is 0.750. The first kappa shape index (κ1) is 19.7. The van der Waals surface area contributed by atoms with Crippen LogP contribution < -0.4 is 9.64 Å². The molecule has 0 radical (unpaired) electrons. The first-order valence-corrected chi connectivity index (χ1v) is 10.3. The second-order valence-electron chi connectivity index (χ2n) is 6.50. The first-order chi connectivity index (χ1) is 12.8. The van der Waals surface area contributed by atoms with Gasteiger partial charge in [0.25, 0.3) is 0 Å². The fourth-order valence-corrected chi connectivity index (χ4v) is 4.85. The van der Waals surface area contributed by atoms with E-state index in [1.165, 1.54) is 26.3 Å². The predicted molar refractivity (Wildman–Crippen MR) is 105 cm³/mol. The number of sulfonamides is 1. The zero-order valence-corrected chi connectivity index (χ0v) is 16.9. The Morgan fingerprint density at radius 1 is 1.30 bits per heavy atom. The van der Waals surface area contributed by atoms with Gasteiger partial charge in [-0.25, -0.2) is 8.42 Å². The maximum Gasteiger partial charge on any atom is 0.247 e. The first-order valence-electron chi connectivity index (χ1n) is 8.45. The van der Waals surface area contributed by atoms with E-state index in [0.29, 0.717) is 0 Å². The minimum absolute atomic E-state index is 0.0216. The van der Waals surface area contributed by atoms with Crippen molar-refractivity contribution in [2.24, 2.45) is 0 Å². The molecule has 1 aliphatic rings. The Hall–Kier alpha value is -2.09. The lowest BCUT2D eigenvalue weighted by atomic mass is 10.1. The van der Waals surface area contributed by atoms with Crippen molar-refractivity contribution >= 4 is 33.2 Å². The van der Waals surface area contributed by atoms with Crippen LogP contribution in [0.25, 0.3) is 0 Å². The van der Waals surface area contributed by atoms with Gasteiger partial charge in [0.15, 0.2) is 0 Å². The maximum atomic E-state index is 13.0. The number of anilines is 1. The molecule has 1 unspecified atom stereocenters. The lowest BCUT2D eigenvalue weighted by Gasteiger charge is -2.26. The fourth-order valence-electron chi connectivity index (χ4n) is 3.32. The van der Waals surface area contributed by atoms with Gasteiger partial charge >= 0.3 is 0 Å². The Labute approximate surface area is 164 Å². The normalized spacial score (nSPS) is 16.5. The van der Waals surface area contributed by atoms with Gasteiger partial charge in [0.1, 0.15) is 10.6 Å². The Bertz CT molecular complexity index is 977. The third-order valence-electron chi connectivity index (χ3n) is 4.65. The molecular weight excluding hydrogens is 388 g/mol. The highest BCUT2D eigenvalue weighted by atomic mass is 35.5. The van der Waals surface area contributed by atoms with Crippen LogP contribution in [0.1, 0.15) is 12.5 Å². The fraction of sp³-hybridized carbons (Fsp3) is 0.316. The molecule has 1 atom stereocenters. The van der Waals surface area contributed by atoms with Crippen molar-refractivity contribution < 1.29 is 17.9 Å². The molecule has 2 aromatic rings. The Morgan fingerprint density at radius 3 is 2.70 bits per heavy atom. The highest BCUT2D eigenvalue weighted by Crippen LogP contribution is 2.33. The average Bonchev–Trinajstić information content (AvgIpc) is 2.97. The van der Waals surface area contributed by atoms with Crippen molar-refractivity contribution in [3.05, 3.63) is 53.1 Å². The molecule has 0 aromatic heterocycles. The van der Waals surface area contributed by atoms with E-state index < -0.39 is 10.0 Å². The van der Waals surface area contributed by atoms with Crippen molar-refractivity contribution in [3.8, 4) is 5.75 Å². The van der Waals surface area contributed by atoms with Crippen LogP contribution in [0.2, 0.25) is 5.02 Å². The van der Waals surface area contributed by atoms with Crippen LogP contribution in [0.15, 0.2) is 47.4 Å². The van der Waals surface area contributed by atoms with E-state index in [1.807, 2.05) is 31.2 Å². The molecule has 0 spiro atoms. The van der Waals surface area contributed by atoms with Crippen LogP contribution in [-0.2, 0) is 21.2 Å². The zero-order valence-electron chi connectivity index (χ0n) is 15.3. The van der Waals surface area contributed by atoms with Crippen LogP contribution >= 0.6 is 11.6 Å². The molecule has 144 valence electrons. The number of halogens is 1. The molecule has 27 heavy (non-hydrogen) atoms. The van der Waals surface area contributed by atoms with Crippen LogP contribution in [0.4, 0.5) is 5.69 Å². The van der Waals surface area contributed by atoms with Crippen LogP contribution in [0, 0.1) is 0 Å². The Morgan fingerprint density at radius 2 is 2.00 bits per heavy atom. The molecule has 8 heteroatoms. The van der Waals surface area contributed by atoms with Crippen LogP contribution in [0.5, 0.6) is 5.75 Å². The largest absolute Gasteiger partial charge is 0.495 e. The van der Waals surface area contributed by atoms with Gasteiger partial charge in [0.2, 0.25) is 15.9 Å². The summed E-state index contributed by atoms with van der Waals surface area (Å²) in [4.78, 5) is 14.5. The molecule has 6 nitrogen and oxygen atoms in total. The van der Waals surface area contributed by atoms with E-state index in [0.717, 1.165) is 22.0 Å². The number of rotatable bonds is 5. The minimum Gasteiger partial charge on any atom is -0.495 e. The molecule has 2 aromatic carbocycles. The molecule has 1 amide bonds. The van der Waals surface area contributed by atoms with Gasteiger partial charge in [-0.15, -0.1) is 0 Å². The standard InChI is InChI=1S/C19H21ClN2O4S/c1-13-10-14-6-4-5-7-16(14)22(13)19(23)12-21(2)27(24,25)18-11-15(20)8-9-17(18)26-3/h4-9,11,13H,10,12H2,1-3H3. The van der Waals surface area contributed by atoms with E-state index in [-0.39, 0.29) is 34.2 Å². The number of para-hydroxylation sites is 1. The van der Waals surface area contributed by atoms with E-state index in [9.17, 15) is 13.2 Å². The number of benzene rings is 2. The smallest absolute Gasteiger partial charge is 0.247 e. The van der Waals surface area contributed by atoms with Gasteiger partial charge in [-0.1, -0.05) is 29.8 Å². The maximum absolute atomic E-state index is 13.0. The molecule has 3 rings (SSSR count). The topological polar surface area (TPSA) is 66.9 Å². The summed E-state index contributed by atoms with van der Waals surface area (Å²) >= 11 is 5.96. The van der Waals surface area contributed by atoms with Crippen molar-refractivity contribution in [2.75, 3.05) is 25.6 Å². The highest BCUT2D eigenvalue weighted by Gasteiger charge is 2.33. The molecule has 0 saturated carbocycles. The lowest BCUT2D eigenvalue weighted by molar-refractivity contribution is -0.118. The van der Waals surface area contributed by atoms with Crippen molar-refractivity contribution in [2.45, 2.75) is 24.3 Å². The third-order valence-corrected chi connectivity index (χ3v) is 6.71. The molecule has 0 saturated heterocycles. The number of nitrogens with zero attached hydrogens (tertiary/aromatic N) is 2. The Kier molecular flexibility index (Phi) is 5.46. The lowest BCUT2D eigenvalue weighted by Crippen LogP contribution is -2.43. The van der Waals surface area contributed by atoms with Gasteiger partial charge in [-0.3, -0.25) is 4.79 Å². The monoisotopic (exact) mass is 408 g/mol. The molecule has 0 aliphatic carbocycles. The van der Waals surface area contributed by atoms with Crippen molar-refractivity contribution in [1.82, 2.24) is 4.31 Å². The molecule has 0 bridgehead atoms. The van der Waals surface area contributed by atoms with Crippen LogP contribution in [0.3, 0.4) is 0 Å². The molecule has 1 heterocycles. The highest BCUT2D eigenvalue weighted by molar-refractivity contribution is 7.89. The summed E-state index contributed by atoms with van der Waals surface area (Å²) in [5, 5.41) is 0.274. The van der Waals surface area contributed by atoms with Gasteiger partial charge in [0.05, 0.1) is 13.7 Å². The number of carbonyl (C=O) groups is 1. The summed E-state index contributed by atoms with van der Waals surface area (Å²) < 4.78 is 32.1. The number of fused-ring (bicyclic) bond motifs is 1. The minimum atomic E-state index is -3.95. The van der Waals surface area contributed by atoms with Crippen LogP contribution in [-0.4, -0.2) is 45.4 Å². The zero-order chi connectivity index (χ0) is 19.8. The second kappa shape index (κ2) is 7.50.